The van der Waals surface area contributed by atoms with Crippen molar-refractivity contribution in [2.45, 2.75) is 71.3 Å². The predicted molar refractivity (Wildman–Crippen MR) is 63.2 cm³/mol. The zero-order chi connectivity index (χ0) is 10.6. The Labute approximate surface area is 89.5 Å². The fourth-order valence-corrected chi connectivity index (χ4v) is 2.89. The number of rotatable bonds is 4. The monoisotopic (exact) mass is 197 g/mol. The molecular weight excluding hydrogens is 170 g/mol. The molecule has 0 saturated heterocycles. The molecule has 1 aliphatic carbocycles. The lowest BCUT2D eigenvalue weighted by Crippen LogP contribution is -2.45. The molecule has 1 rings (SSSR count). The lowest BCUT2D eigenvalue weighted by molar-refractivity contribution is 0.185. The fraction of sp³-hybridized carbons (Fsp3) is 1.00. The number of hydrogen-bond donors (Lipinski definition) is 1. The highest BCUT2D eigenvalue weighted by molar-refractivity contribution is 4.91. The molecule has 0 aromatic heterocycles. The van der Waals surface area contributed by atoms with Crippen LogP contribution in [-0.4, -0.2) is 5.54 Å². The van der Waals surface area contributed by atoms with Gasteiger partial charge in [0.15, 0.2) is 0 Å². The summed E-state index contributed by atoms with van der Waals surface area (Å²) in [5, 5.41) is 0. The first-order valence-electron chi connectivity index (χ1n) is 6.38. The average Bonchev–Trinajstić information content (AvgIpc) is 2.17. The first-order chi connectivity index (χ1) is 6.59. The molecule has 0 aromatic carbocycles. The molecule has 0 spiro atoms. The minimum Gasteiger partial charge on any atom is -0.325 e. The second kappa shape index (κ2) is 5.16. The Morgan fingerprint density at radius 3 is 2.71 bits per heavy atom. The van der Waals surface area contributed by atoms with Gasteiger partial charge >= 0.3 is 0 Å². The summed E-state index contributed by atoms with van der Waals surface area (Å²) in [6.07, 6.45) is 9.12. The molecule has 0 aliphatic heterocycles. The minimum atomic E-state index is 0.175. The van der Waals surface area contributed by atoms with E-state index < -0.39 is 0 Å². The molecule has 1 saturated carbocycles. The zero-order valence-electron chi connectivity index (χ0n) is 10.2. The summed E-state index contributed by atoms with van der Waals surface area (Å²) in [6, 6.07) is 0. The van der Waals surface area contributed by atoms with E-state index in [9.17, 15) is 0 Å². The van der Waals surface area contributed by atoms with Gasteiger partial charge in [0.2, 0.25) is 0 Å². The normalized spacial score (nSPS) is 35.6. The molecule has 1 fully saturated rings. The molecule has 0 radical (unpaired) electrons. The minimum absolute atomic E-state index is 0.175. The predicted octanol–water partition coefficient (Wildman–Crippen LogP) is 3.72. The Balaban J connectivity index is 2.46. The van der Waals surface area contributed by atoms with Crippen LogP contribution in [0.25, 0.3) is 0 Å². The van der Waals surface area contributed by atoms with Crippen LogP contribution in [0.4, 0.5) is 0 Å². The van der Waals surface area contributed by atoms with Crippen LogP contribution < -0.4 is 5.73 Å². The summed E-state index contributed by atoms with van der Waals surface area (Å²) in [6.45, 7) is 6.91. The molecule has 0 amide bonds. The van der Waals surface area contributed by atoms with Gasteiger partial charge in [-0.2, -0.15) is 0 Å². The van der Waals surface area contributed by atoms with Crippen LogP contribution >= 0.6 is 0 Å². The van der Waals surface area contributed by atoms with Crippen LogP contribution in [-0.2, 0) is 0 Å². The van der Waals surface area contributed by atoms with E-state index in [0.717, 1.165) is 11.8 Å². The number of nitrogens with two attached hydrogens (primary N) is 1. The quantitative estimate of drug-likeness (QED) is 0.730. The molecule has 3 unspecified atom stereocenters. The smallest absolute Gasteiger partial charge is 0.0159 e. The van der Waals surface area contributed by atoms with Gasteiger partial charge in [0.25, 0.3) is 0 Å². The van der Waals surface area contributed by atoms with Gasteiger partial charge in [-0.05, 0) is 31.1 Å². The fourth-order valence-electron chi connectivity index (χ4n) is 2.89. The molecule has 1 aliphatic rings. The van der Waals surface area contributed by atoms with Crippen molar-refractivity contribution in [1.29, 1.82) is 0 Å². The zero-order valence-corrected chi connectivity index (χ0v) is 10.2. The summed E-state index contributed by atoms with van der Waals surface area (Å²) in [5.41, 5.74) is 6.68. The van der Waals surface area contributed by atoms with Gasteiger partial charge in [0, 0.05) is 5.54 Å². The molecular formula is C13H27N. The van der Waals surface area contributed by atoms with E-state index in [0.29, 0.717) is 0 Å². The van der Waals surface area contributed by atoms with Gasteiger partial charge in [-0.15, -0.1) is 0 Å². The van der Waals surface area contributed by atoms with Gasteiger partial charge in [-0.1, -0.05) is 46.5 Å². The Hall–Kier alpha value is -0.0400. The van der Waals surface area contributed by atoms with Crippen LogP contribution in [0.15, 0.2) is 0 Å². The van der Waals surface area contributed by atoms with Crippen molar-refractivity contribution >= 4 is 0 Å². The third-order valence-corrected chi connectivity index (χ3v) is 4.01. The Morgan fingerprint density at radius 1 is 1.43 bits per heavy atom. The Kier molecular flexibility index (Phi) is 4.43. The van der Waals surface area contributed by atoms with Crippen LogP contribution in [0.3, 0.4) is 0 Å². The van der Waals surface area contributed by atoms with Crippen molar-refractivity contribution in [3.05, 3.63) is 0 Å². The van der Waals surface area contributed by atoms with Crippen LogP contribution in [0, 0.1) is 11.8 Å². The molecule has 0 heterocycles. The second-order valence-corrected chi connectivity index (χ2v) is 5.45. The molecule has 0 bridgehead atoms. The molecule has 3 atom stereocenters. The van der Waals surface area contributed by atoms with Crippen molar-refractivity contribution in [2.24, 2.45) is 17.6 Å². The third-order valence-electron chi connectivity index (χ3n) is 4.01. The van der Waals surface area contributed by atoms with Crippen molar-refractivity contribution < 1.29 is 0 Å². The summed E-state index contributed by atoms with van der Waals surface area (Å²) in [7, 11) is 0. The summed E-state index contributed by atoms with van der Waals surface area (Å²) < 4.78 is 0. The maximum Gasteiger partial charge on any atom is 0.0159 e. The van der Waals surface area contributed by atoms with Gasteiger partial charge in [-0.3, -0.25) is 0 Å². The van der Waals surface area contributed by atoms with Crippen molar-refractivity contribution in [1.82, 2.24) is 0 Å². The Morgan fingerprint density at radius 2 is 2.14 bits per heavy atom. The van der Waals surface area contributed by atoms with E-state index in [1.54, 1.807) is 0 Å². The molecule has 1 nitrogen and oxygen atoms in total. The van der Waals surface area contributed by atoms with Crippen molar-refractivity contribution in [2.75, 3.05) is 0 Å². The molecule has 14 heavy (non-hydrogen) atoms. The van der Waals surface area contributed by atoms with E-state index in [2.05, 4.69) is 20.8 Å². The molecule has 2 N–H and O–H groups in total. The van der Waals surface area contributed by atoms with E-state index >= 15 is 0 Å². The SMILES string of the molecule is CCC(C)CC1(N)CCCC(CC)C1. The topological polar surface area (TPSA) is 26.0 Å². The first-order valence-corrected chi connectivity index (χ1v) is 6.38. The molecule has 1 heteroatoms. The van der Waals surface area contributed by atoms with E-state index in [1.807, 2.05) is 0 Å². The van der Waals surface area contributed by atoms with E-state index in [-0.39, 0.29) is 5.54 Å². The van der Waals surface area contributed by atoms with Gasteiger partial charge in [0.1, 0.15) is 0 Å². The molecule has 84 valence electrons. The maximum absolute atomic E-state index is 6.50. The van der Waals surface area contributed by atoms with Crippen LogP contribution in [0.5, 0.6) is 0 Å². The van der Waals surface area contributed by atoms with Gasteiger partial charge in [-0.25, -0.2) is 0 Å². The van der Waals surface area contributed by atoms with Crippen molar-refractivity contribution in [3.63, 3.8) is 0 Å². The van der Waals surface area contributed by atoms with Crippen LogP contribution in [0.1, 0.15) is 65.7 Å². The summed E-state index contributed by atoms with van der Waals surface area (Å²) in [5.74, 6) is 1.70. The summed E-state index contributed by atoms with van der Waals surface area (Å²) >= 11 is 0. The van der Waals surface area contributed by atoms with E-state index in [1.165, 1.54) is 44.9 Å². The Bertz CT molecular complexity index is 163. The highest BCUT2D eigenvalue weighted by Gasteiger charge is 2.32. The van der Waals surface area contributed by atoms with Gasteiger partial charge < -0.3 is 5.73 Å². The first kappa shape index (κ1) is 12.0. The highest BCUT2D eigenvalue weighted by Crippen LogP contribution is 2.36. The number of hydrogen-bond acceptors (Lipinski definition) is 1. The standard InChI is InChI=1S/C13H27N/c1-4-11(3)9-13(14)8-6-7-12(5-2)10-13/h11-12H,4-10,14H2,1-3H3. The van der Waals surface area contributed by atoms with Crippen molar-refractivity contribution in [3.8, 4) is 0 Å². The van der Waals surface area contributed by atoms with E-state index in [4.69, 9.17) is 5.73 Å². The second-order valence-electron chi connectivity index (χ2n) is 5.45. The lowest BCUT2D eigenvalue weighted by atomic mass is 9.71. The third kappa shape index (κ3) is 3.27. The summed E-state index contributed by atoms with van der Waals surface area (Å²) in [4.78, 5) is 0. The average molecular weight is 197 g/mol. The highest BCUT2D eigenvalue weighted by atomic mass is 14.7. The maximum atomic E-state index is 6.50. The van der Waals surface area contributed by atoms with Crippen LogP contribution in [0.2, 0.25) is 0 Å². The molecule has 0 aromatic rings. The largest absolute Gasteiger partial charge is 0.325 e. The van der Waals surface area contributed by atoms with Gasteiger partial charge in [0.05, 0.1) is 0 Å². The lowest BCUT2D eigenvalue weighted by Gasteiger charge is -2.39.